The van der Waals surface area contributed by atoms with Gasteiger partial charge in [-0.2, -0.15) is 4.98 Å². The molecule has 1 saturated heterocycles. The van der Waals surface area contributed by atoms with Gasteiger partial charge in [-0.05, 0) is 12.1 Å². The summed E-state index contributed by atoms with van der Waals surface area (Å²) in [6.07, 6.45) is 0.222. The highest BCUT2D eigenvalue weighted by Crippen LogP contribution is 2.23. The molecule has 1 N–H and O–H groups in total. The zero-order valence-corrected chi connectivity index (χ0v) is 10.5. The molecule has 0 spiro atoms. The van der Waals surface area contributed by atoms with Gasteiger partial charge in [0.1, 0.15) is 5.15 Å². The maximum Gasteiger partial charge on any atom is 0.330 e. The lowest BCUT2D eigenvalue weighted by Gasteiger charge is -2.24. The van der Waals surface area contributed by atoms with Gasteiger partial charge in [0.25, 0.3) is 0 Å². The third kappa shape index (κ3) is 2.10. The first-order valence-electron chi connectivity index (χ1n) is 5.69. The molecule has 0 unspecified atom stereocenters. The highest BCUT2D eigenvalue weighted by Gasteiger charge is 2.26. The Morgan fingerprint density at radius 3 is 2.79 bits per heavy atom. The van der Waals surface area contributed by atoms with Gasteiger partial charge >= 0.3 is 6.03 Å². The number of carbonyl (C=O) groups is 2. The molecule has 19 heavy (non-hydrogen) atoms. The van der Waals surface area contributed by atoms with Crippen molar-refractivity contribution in [3.05, 3.63) is 29.4 Å². The van der Waals surface area contributed by atoms with Gasteiger partial charge in [-0.25, -0.2) is 9.78 Å². The summed E-state index contributed by atoms with van der Waals surface area (Å²) in [5, 5.41) is 3.23. The number of anilines is 1. The number of halogens is 1. The quantitative estimate of drug-likeness (QED) is 0.805. The van der Waals surface area contributed by atoms with Gasteiger partial charge in [0.15, 0.2) is 0 Å². The average molecular weight is 277 g/mol. The number of imide groups is 1. The second-order valence-corrected chi connectivity index (χ2v) is 4.44. The number of rotatable bonds is 1. The van der Waals surface area contributed by atoms with Crippen LogP contribution >= 0.6 is 11.6 Å². The Labute approximate surface area is 113 Å². The molecule has 3 rings (SSSR count). The molecule has 1 aliphatic rings. The van der Waals surface area contributed by atoms with E-state index in [0.717, 1.165) is 5.39 Å². The van der Waals surface area contributed by atoms with Crippen LogP contribution < -0.4 is 10.2 Å². The van der Waals surface area contributed by atoms with Crippen molar-refractivity contribution in [1.82, 2.24) is 15.3 Å². The molecule has 0 aliphatic carbocycles. The normalized spacial score (nSPS) is 15.7. The highest BCUT2D eigenvalue weighted by atomic mass is 35.5. The van der Waals surface area contributed by atoms with Crippen molar-refractivity contribution in [3.8, 4) is 0 Å². The van der Waals surface area contributed by atoms with Gasteiger partial charge in [0, 0.05) is 18.4 Å². The van der Waals surface area contributed by atoms with Crippen molar-refractivity contribution in [2.24, 2.45) is 0 Å². The van der Waals surface area contributed by atoms with Crippen molar-refractivity contribution in [2.45, 2.75) is 6.42 Å². The van der Waals surface area contributed by atoms with Crippen molar-refractivity contribution in [1.29, 1.82) is 0 Å². The Morgan fingerprint density at radius 1 is 1.21 bits per heavy atom. The Balaban J connectivity index is 2.06. The van der Waals surface area contributed by atoms with E-state index >= 15 is 0 Å². The molecule has 1 aromatic carbocycles. The molecule has 2 heterocycles. The van der Waals surface area contributed by atoms with Crippen LogP contribution in [0.15, 0.2) is 24.3 Å². The minimum Gasteiger partial charge on any atom is -0.278 e. The van der Waals surface area contributed by atoms with E-state index in [1.165, 1.54) is 4.90 Å². The maximum atomic E-state index is 11.7. The summed E-state index contributed by atoms with van der Waals surface area (Å²) in [4.78, 5) is 32.5. The van der Waals surface area contributed by atoms with Crippen molar-refractivity contribution >= 4 is 40.4 Å². The molecule has 6 nitrogen and oxygen atoms in total. The summed E-state index contributed by atoms with van der Waals surface area (Å²) < 4.78 is 0. The number of carbonyl (C=O) groups excluding carboxylic acids is 2. The van der Waals surface area contributed by atoms with Crippen molar-refractivity contribution < 1.29 is 9.59 Å². The average Bonchev–Trinajstić information content (AvgIpc) is 2.38. The van der Waals surface area contributed by atoms with Gasteiger partial charge in [0.05, 0.1) is 5.52 Å². The first-order chi connectivity index (χ1) is 9.15. The van der Waals surface area contributed by atoms with Gasteiger partial charge in [0.2, 0.25) is 11.9 Å². The molecule has 96 valence electrons. The largest absolute Gasteiger partial charge is 0.330 e. The number of aromatic nitrogens is 2. The number of para-hydroxylation sites is 1. The van der Waals surface area contributed by atoms with Gasteiger partial charge < -0.3 is 0 Å². The molecule has 1 aromatic heterocycles. The molecule has 0 radical (unpaired) electrons. The number of urea groups is 1. The second-order valence-electron chi connectivity index (χ2n) is 4.09. The molecular weight excluding hydrogens is 268 g/mol. The van der Waals surface area contributed by atoms with Crippen LogP contribution in [-0.4, -0.2) is 28.5 Å². The third-order valence-electron chi connectivity index (χ3n) is 2.84. The first-order valence-corrected chi connectivity index (χ1v) is 6.06. The van der Waals surface area contributed by atoms with E-state index in [4.69, 9.17) is 11.6 Å². The van der Waals surface area contributed by atoms with E-state index in [1.807, 2.05) is 12.1 Å². The monoisotopic (exact) mass is 276 g/mol. The van der Waals surface area contributed by atoms with E-state index < -0.39 is 6.03 Å². The van der Waals surface area contributed by atoms with Gasteiger partial charge in [-0.1, -0.05) is 23.7 Å². The summed E-state index contributed by atoms with van der Waals surface area (Å²) in [6, 6.07) is 6.74. The third-order valence-corrected chi connectivity index (χ3v) is 3.13. The molecule has 1 fully saturated rings. The van der Waals surface area contributed by atoms with E-state index in [-0.39, 0.29) is 30.0 Å². The molecule has 7 heteroatoms. The fourth-order valence-corrected chi connectivity index (χ4v) is 2.14. The Bertz CT molecular complexity index is 688. The minimum atomic E-state index is -0.525. The van der Waals surface area contributed by atoms with Crippen LogP contribution in [0.1, 0.15) is 6.42 Å². The number of hydrogen-bond donors (Lipinski definition) is 1. The second kappa shape index (κ2) is 4.47. The topological polar surface area (TPSA) is 75.2 Å². The van der Waals surface area contributed by atoms with Crippen molar-refractivity contribution in [3.63, 3.8) is 0 Å². The Hall–Kier alpha value is -2.21. The summed E-state index contributed by atoms with van der Waals surface area (Å²) in [6.45, 7) is 0.249. The van der Waals surface area contributed by atoms with E-state index in [2.05, 4.69) is 15.3 Å². The molecule has 1 aliphatic heterocycles. The molecule has 3 amide bonds. The van der Waals surface area contributed by atoms with Crippen LogP contribution in [0.4, 0.5) is 10.7 Å². The number of amides is 3. The Kier molecular flexibility index (Phi) is 2.79. The van der Waals surface area contributed by atoms with Crippen LogP contribution in [0.5, 0.6) is 0 Å². The standard InChI is InChI=1S/C12H9ClN4O2/c13-10-7-3-1-2-4-8(7)14-11(16-10)17-6-5-9(18)15-12(17)19/h1-4H,5-6H2,(H,15,18,19). The summed E-state index contributed by atoms with van der Waals surface area (Å²) in [5.41, 5.74) is 0.655. The predicted octanol–water partition coefficient (Wildman–Crippen LogP) is 1.73. The fraction of sp³-hybridized carbons (Fsp3) is 0.167. The maximum absolute atomic E-state index is 11.7. The summed E-state index contributed by atoms with van der Waals surface area (Å²) in [7, 11) is 0. The summed E-state index contributed by atoms with van der Waals surface area (Å²) >= 11 is 6.08. The lowest BCUT2D eigenvalue weighted by Crippen LogP contribution is -2.50. The van der Waals surface area contributed by atoms with E-state index in [1.54, 1.807) is 12.1 Å². The molecule has 0 saturated carbocycles. The number of nitrogens with zero attached hydrogens (tertiary/aromatic N) is 3. The lowest BCUT2D eigenvalue weighted by atomic mass is 10.2. The van der Waals surface area contributed by atoms with E-state index in [9.17, 15) is 9.59 Å². The Morgan fingerprint density at radius 2 is 2.00 bits per heavy atom. The lowest BCUT2D eigenvalue weighted by molar-refractivity contribution is -0.120. The minimum absolute atomic E-state index is 0.203. The highest BCUT2D eigenvalue weighted by molar-refractivity contribution is 6.34. The number of fused-ring (bicyclic) bond motifs is 1. The van der Waals surface area contributed by atoms with Crippen LogP contribution in [0.3, 0.4) is 0 Å². The fourth-order valence-electron chi connectivity index (χ4n) is 1.90. The van der Waals surface area contributed by atoms with Gasteiger partial charge in [-0.15, -0.1) is 0 Å². The van der Waals surface area contributed by atoms with E-state index in [0.29, 0.717) is 5.52 Å². The van der Waals surface area contributed by atoms with Crippen LogP contribution in [0.2, 0.25) is 5.15 Å². The number of nitrogens with one attached hydrogen (secondary N) is 1. The predicted molar refractivity (Wildman–Crippen MR) is 70.0 cm³/mol. The van der Waals surface area contributed by atoms with Crippen LogP contribution in [0.25, 0.3) is 10.9 Å². The zero-order valence-electron chi connectivity index (χ0n) is 9.76. The molecule has 0 bridgehead atoms. The molecule has 2 aromatic rings. The van der Waals surface area contributed by atoms with Gasteiger partial charge in [-0.3, -0.25) is 15.0 Å². The number of hydrogen-bond acceptors (Lipinski definition) is 4. The smallest absolute Gasteiger partial charge is 0.278 e. The summed E-state index contributed by atoms with van der Waals surface area (Å²) in [5.74, 6) is -0.0955. The zero-order chi connectivity index (χ0) is 13.4. The molecule has 0 atom stereocenters. The first kappa shape index (κ1) is 11.9. The SMILES string of the molecule is O=C1CCN(c2nc(Cl)c3ccccc3n2)C(=O)N1. The van der Waals surface area contributed by atoms with Crippen molar-refractivity contribution in [2.75, 3.05) is 11.4 Å². The number of benzene rings is 1. The van der Waals surface area contributed by atoms with Crippen LogP contribution in [-0.2, 0) is 4.79 Å². The van der Waals surface area contributed by atoms with Crippen LogP contribution in [0, 0.1) is 0 Å². The molecular formula is C12H9ClN4O2.